The topological polar surface area (TPSA) is 68.2 Å². The maximum absolute atomic E-state index is 6.15. The van der Waals surface area contributed by atoms with Gasteiger partial charge in [0.1, 0.15) is 5.69 Å². The van der Waals surface area contributed by atoms with Crippen molar-refractivity contribution in [1.29, 1.82) is 0 Å². The maximum Gasteiger partial charge on any atom is 0.178 e. The Kier molecular flexibility index (Phi) is 2.48. The number of nitrogens with zero attached hydrogens (tertiary/aromatic N) is 3. The van der Waals surface area contributed by atoms with Gasteiger partial charge in [0.25, 0.3) is 0 Å². The molecular weight excluding hydrogens is 214 g/mol. The van der Waals surface area contributed by atoms with E-state index in [0.717, 1.165) is 48.5 Å². The van der Waals surface area contributed by atoms with Crippen molar-refractivity contribution in [2.24, 2.45) is 0 Å². The zero-order valence-electron chi connectivity index (χ0n) is 9.98. The molecule has 1 saturated heterocycles. The first-order valence-corrected chi connectivity index (χ1v) is 6.07. The number of aryl methyl sites for hydroxylation is 1. The molecule has 2 aromatic rings. The van der Waals surface area contributed by atoms with E-state index < -0.39 is 0 Å². The van der Waals surface area contributed by atoms with Gasteiger partial charge in [-0.25, -0.2) is 9.50 Å². The van der Waals surface area contributed by atoms with E-state index in [1.807, 2.05) is 23.8 Å². The van der Waals surface area contributed by atoms with Crippen LogP contribution in [0, 0.1) is 6.92 Å². The molecule has 5 heteroatoms. The van der Waals surface area contributed by atoms with Crippen molar-refractivity contribution < 1.29 is 0 Å². The average molecular weight is 231 g/mol. The summed E-state index contributed by atoms with van der Waals surface area (Å²) >= 11 is 0. The Bertz CT molecular complexity index is 539. The summed E-state index contributed by atoms with van der Waals surface area (Å²) in [5, 5.41) is 7.95. The van der Waals surface area contributed by atoms with Crippen LogP contribution in [0.2, 0.25) is 0 Å². The number of fused-ring (bicyclic) bond motifs is 1. The van der Waals surface area contributed by atoms with Crippen molar-refractivity contribution in [2.45, 2.75) is 25.7 Å². The lowest BCUT2D eigenvalue weighted by atomic mass is 9.94. The van der Waals surface area contributed by atoms with Gasteiger partial charge in [-0.05, 0) is 38.4 Å². The Morgan fingerprint density at radius 3 is 2.94 bits per heavy atom. The highest BCUT2D eigenvalue weighted by atomic mass is 15.3. The zero-order valence-corrected chi connectivity index (χ0v) is 9.98. The number of nitrogen functional groups attached to an aromatic ring is 1. The first-order valence-electron chi connectivity index (χ1n) is 6.07. The lowest BCUT2D eigenvalue weighted by Gasteiger charge is -2.21. The van der Waals surface area contributed by atoms with Gasteiger partial charge in [0.2, 0.25) is 0 Å². The summed E-state index contributed by atoms with van der Waals surface area (Å²) in [5.41, 5.74) is 9.79. The third-order valence-corrected chi connectivity index (χ3v) is 3.39. The molecule has 90 valence electrons. The molecule has 0 amide bonds. The number of rotatable bonds is 1. The molecule has 0 atom stereocenters. The Balaban J connectivity index is 2.07. The highest BCUT2D eigenvalue weighted by Gasteiger charge is 2.22. The van der Waals surface area contributed by atoms with Crippen LogP contribution in [0.15, 0.2) is 12.4 Å². The summed E-state index contributed by atoms with van der Waals surface area (Å²) in [5.74, 6) is 0.471. The molecule has 5 nitrogen and oxygen atoms in total. The van der Waals surface area contributed by atoms with Crippen LogP contribution >= 0.6 is 0 Å². The molecule has 0 bridgehead atoms. The van der Waals surface area contributed by atoms with Crippen LogP contribution in [-0.2, 0) is 0 Å². The van der Waals surface area contributed by atoms with Crippen molar-refractivity contribution in [2.75, 3.05) is 18.8 Å². The fraction of sp³-hybridized carbons (Fsp3) is 0.500. The molecule has 1 aliphatic rings. The number of nitrogens with one attached hydrogen (secondary N) is 1. The second-order valence-electron chi connectivity index (χ2n) is 4.72. The summed E-state index contributed by atoms with van der Waals surface area (Å²) < 4.78 is 1.81. The summed E-state index contributed by atoms with van der Waals surface area (Å²) in [6.07, 6.45) is 6.02. The monoisotopic (exact) mass is 231 g/mol. The molecule has 17 heavy (non-hydrogen) atoms. The van der Waals surface area contributed by atoms with Gasteiger partial charge in [-0.2, -0.15) is 5.10 Å². The molecule has 3 heterocycles. The van der Waals surface area contributed by atoms with Crippen molar-refractivity contribution in [3.8, 4) is 0 Å². The minimum absolute atomic E-state index is 0.471. The Morgan fingerprint density at radius 1 is 1.41 bits per heavy atom. The van der Waals surface area contributed by atoms with Gasteiger partial charge >= 0.3 is 0 Å². The largest absolute Gasteiger partial charge is 0.394 e. The SMILES string of the molecule is Cc1cnc2c(N)c(C3CCNCC3)nn2c1. The molecule has 3 rings (SSSR count). The molecule has 0 spiro atoms. The lowest BCUT2D eigenvalue weighted by molar-refractivity contribution is 0.452. The highest BCUT2D eigenvalue weighted by molar-refractivity contribution is 5.68. The number of aromatic nitrogens is 3. The first kappa shape index (κ1) is 10.5. The smallest absolute Gasteiger partial charge is 0.178 e. The molecule has 0 unspecified atom stereocenters. The van der Waals surface area contributed by atoms with E-state index in [4.69, 9.17) is 5.73 Å². The quantitative estimate of drug-likeness (QED) is 0.771. The van der Waals surface area contributed by atoms with Gasteiger partial charge in [-0.15, -0.1) is 0 Å². The van der Waals surface area contributed by atoms with Crippen LogP contribution in [0.25, 0.3) is 5.65 Å². The summed E-state index contributed by atoms with van der Waals surface area (Å²) in [6, 6.07) is 0. The molecule has 3 N–H and O–H groups in total. The molecule has 0 saturated carbocycles. The van der Waals surface area contributed by atoms with Crippen LogP contribution in [0.5, 0.6) is 0 Å². The predicted octanol–water partition coefficient (Wildman–Crippen LogP) is 1.09. The molecule has 1 aliphatic heterocycles. The summed E-state index contributed by atoms with van der Waals surface area (Å²) in [4.78, 5) is 4.36. The number of hydrogen-bond acceptors (Lipinski definition) is 4. The number of piperidine rings is 1. The Labute approximate surface area is 100 Å². The van der Waals surface area contributed by atoms with Crippen molar-refractivity contribution in [3.05, 3.63) is 23.7 Å². The Morgan fingerprint density at radius 2 is 2.18 bits per heavy atom. The molecule has 2 aromatic heterocycles. The second-order valence-corrected chi connectivity index (χ2v) is 4.72. The standard InChI is InChI=1S/C12H17N5/c1-8-6-15-12-10(13)11(16-17(12)7-8)9-2-4-14-5-3-9/h6-7,9,14H,2-5,13H2,1H3. The highest BCUT2D eigenvalue weighted by Crippen LogP contribution is 2.30. The van der Waals surface area contributed by atoms with Crippen LogP contribution in [0.1, 0.15) is 30.0 Å². The van der Waals surface area contributed by atoms with E-state index in [-0.39, 0.29) is 0 Å². The van der Waals surface area contributed by atoms with Gasteiger partial charge in [0.05, 0.1) is 5.69 Å². The zero-order chi connectivity index (χ0) is 11.8. The molecule has 1 fully saturated rings. The van der Waals surface area contributed by atoms with Crippen molar-refractivity contribution in [3.63, 3.8) is 0 Å². The molecule has 0 aromatic carbocycles. The number of nitrogens with two attached hydrogens (primary N) is 1. The van der Waals surface area contributed by atoms with Crippen molar-refractivity contribution in [1.82, 2.24) is 19.9 Å². The number of hydrogen-bond donors (Lipinski definition) is 2. The normalized spacial score (nSPS) is 17.7. The third kappa shape index (κ3) is 1.76. The molecule has 0 aliphatic carbocycles. The minimum atomic E-state index is 0.471. The summed E-state index contributed by atoms with van der Waals surface area (Å²) in [7, 11) is 0. The van der Waals surface area contributed by atoms with E-state index in [1.165, 1.54) is 0 Å². The average Bonchev–Trinajstić information content (AvgIpc) is 2.67. The fourth-order valence-electron chi connectivity index (χ4n) is 2.46. The predicted molar refractivity (Wildman–Crippen MR) is 67.0 cm³/mol. The van der Waals surface area contributed by atoms with Gasteiger partial charge in [-0.1, -0.05) is 0 Å². The van der Waals surface area contributed by atoms with E-state index in [1.54, 1.807) is 0 Å². The van der Waals surface area contributed by atoms with E-state index >= 15 is 0 Å². The van der Waals surface area contributed by atoms with Crippen LogP contribution in [0.3, 0.4) is 0 Å². The third-order valence-electron chi connectivity index (χ3n) is 3.39. The van der Waals surface area contributed by atoms with Gasteiger partial charge < -0.3 is 11.1 Å². The van der Waals surface area contributed by atoms with E-state index in [9.17, 15) is 0 Å². The summed E-state index contributed by atoms with van der Waals surface area (Å²) in [6.45, 7) is 4.10. The van der Waals surface area contributed by atoms with Crippen molar-refractivity contribution >= 4 is 11.3 Å². The first-order chi connectivity index (χ1) is 8.25. The van der Waals surface area contributed by atoms with Crippen LogP contribution in [0.4, 0.5) is 5.69 Å². The second kappa shape index (κ2) is 4.00. The lowest BCUT2D eigenvalue weighted by Crippen LogP contribution is -2.27. The number of anilines is 1. The Hall–Kier alpha value is -1.62. The van der Waals surface area contributed by atoms with Gasteiger partial charge in [-0.3, -0.25) is 0 Å². The van der Waals surface area contributed by atoms with Crippen LogP contribution < -0.4 is 11.1 Å². The maximum atomic E-state index is 6.15. The minimum Gasteiger partial charge on any atom is -0.394 e. The molecular formula is C12H17N5. The van der Waals surface area contributed by atoms with E-state index in [2.05, 4.69) is 15.4 Å². The molecule has 0 radical (unpaired) electrons. The van der Waals surface area contributed by atoms with Gasteiger partial charge in [0.15, 0.2) is 5.65 Å². The van der Waals surface area contributed by atoms with Crippen LogP contribution in [-0.4, -0.2) is 27.7 Å². The van der Waals surface area contributed by atoms with Gasteiger partial charge in [0, 0.05) is 18.3 Å². The van der Waals surface area contributed by atoms with E-state index in [0.29, 0.717) is 5.92 Å². The fourth-order valence-corrected chi connectivity index (χ4v) is 2.46.